The van der Waals surface area contributed by atoms with Crippen molar-refractivity contribution >= 4 is 46.9 Å². The number of amides is 2. The van der Waals surface area contributed by atoms with Crippen LogP contribution in [0.2, 0.25) is 10.0 Å². The molecule has 0 aliphatic rings. The molecule has 2 N–H and O–H groups in total. The number of rotatable bonds is 5. The minimum Gasteiger partial charge on any atom is -0.326 e. The van der Waals surface area contributed by atoms with Crippen LogP contribution in [0.1, 0.15) is 12.0 Å². The predicted octanol–water partition coefficient (Wildman–Crippen LogP) is 3.47. The number of nitrogens with zero attached hydrogens (tertiary/aromatic N) is 1. The fraction of sp³-hybridized carbons (Fsp3) is 0.0625. The van der Waals surface area contributed by atoms with Crippen molar-refractivity contribution in [2.75, 3.05) is 5.32 Å². The monoisotopic (exact) mass is 349 g/mol. The number of hydrazone groups is 1. The highest BCUT2D eigenvalue weighted by atomic mass is 35.5. The van der Waals surface area contributed by atoms with Crippen molar-refractivity contribution in [1.82, 2.24) is 5.43 Å². The van der Waals surface area contributed by atoms with Gasteiger partial charge in [0.25, 0.3) is 0 Å². The van der Waals surface area contributed by atoms with Crippen molar-refractivity contribution < 1.29 is 9.59 Å². The average molecular weight is 350 g/mol. The van der Waals surface area contributed by atoms with Gasteiger partial charge in [0.1, 0.15) is 6.42 Å². The van der Waals surface area contributed by atoms with E-state index < -0.39 is 11.8 Å². The Labute approximate surface area is 143 Å². The first-order valence-corrected chi connectivity index (χ1v) is 7.42. The summed E-state index contributed by atoms with van der Waals surface area (Å²) in [6.07, 6.45) is 1.05. The molecule has 0 saturated carbocycles. The van der Waals surface area contributed by atoms with Gasteiger partial charge in [-0.15, -0.1) is 0 Å². The average Bonchev–Trinajstić information content (AvgIpc) is 2.50. The summed E-state index contributed by atoms with van der Waals surface area (Å²) in [6.45, 7) is 0. The third-order valence-electron chi connectivity index (χ3n) is 2.73. The van der Waals surface area contributed by atoms with E-state index in [4.69, 9.17) is 23.2 Å². The molecule has 0 saturated heterocycles. The Kier molecular flexibility index (Phi) is 6.14. The lowest BCUT2D eigenvalue weighted by Crippen LogP contribution is -2.24. The van der Waals surface area contributed by atoms with Gasteiger partial charge < -0.3 is 5.32 Å². The second-order valence-corrected chi connectivity index (χ2v) is 5.39. The van der Waals surface area contributed by atoms with E-state index >= 15 is 0 Å². The van der Waals surface area contributed by atoms with E-state index in [1.54, 1.807) is 42.5 Å². The van der Waals surface area contributed by atoms with E-state index in [1.165, 1.54) is 6.21 Å². The number of carbonyl (C=O) groups excluding carboxylic acids is 2. The van der Waals surface area contributed by atoms with Gasteiger partial charge in [-0.25, -0.2) is 5.43 Å². The third kappa shape index (κ3) is 5.73. The first-order chi connectivity index (χ1) is 11.0. The Bertz CT molecular complexity index is 733. The predicted molar refractivity (Wildman–Crippen MR) is 91.9 cm³/mol. The van der Waals surface area contributed by atoms with Crippen LogP contribution < -0.4 is 10.7 Å². The van der Waals surface area contributed by atoms with Crippen LogP contribution in [0.4, 0.5) is 5.69 Å². The van der Waals surface area contributed by atoms with E-state index in [9.17, 15) is 9.59 Å². The molecule has 0 unspecified atom stereocenters. The van der Waals surface area contributed by atoms with Crippen LogP contribution in [0.3, 0.4) is 0 Å². The summed E-state index contributed by atoms with van der Waals surface area (Å²) >= 11 is 11.7. The normalized spacial score (nSPS) is 10.5. The van der Waals surface area contributed by atoms with Gasteiger partial charge in [0, 0.05) is 16.3 Å². The highest BCUT2D eigenvalue weighted by Crippen LogP contribution is 2.19. The lowest BCUT2D eigenvalue weighted by molar-refractivity contribution is -0.126. The Balaban J connectivity index is 1.82. The van der Waals surface area contributed by atoms with Crippen molar-refractivity contribution in [3.05, 3.63) is 64.1 Å². The molecule has 0 bridgehead atoms. The summed E-state index contributed by atoms with van der Waals surface area (Å²) in [4.78, 5) is 23.3. The van der Waals surface area contributed by atoms with Gasteiger partial charge in [0.15, 0.2) is 0 Å². The number of anilines is 1. The Morgan fingerprint density at radius 1 is 1.04 bits per heavy atom. The summed E-state index contributed by atoms with van der Waals surface area (Å²) in [5.41, 5.74) is 3.50. The number of halogens is 2. The molecule has 5 nitrogen and oxygen atoms in total. The van der Waals surface area contributed by atoms with Crippen molar-refractivity contribution in [3.63, 3.8) is 0 Å². The number of benzene rings is 2. The van der Waals surface area contributed by atoms with Crippen LogP contribution >= 0.6 is 23.2 Å². The van der Waals surface area contributed by atoms with E-state index in [-0.39, 0.29) is 6.42 Å². The maximum atomic E-state index is 11.7. The molecule has 7 heteroatoms. The summed E-state index contributed by atoms with van der Waals surface area (Å²) in [6, 6.07) is 13.8. The van der Waals surface area contributed by atoms with E-state index in [0.29, 0.717) is 21.3 Å². The van der Waals surface area contributed by atoms with Crippen LogP contribution in [0.25, 0.3) is 0 Å². The molecule has 0 fully saturated rings. The van der Waals surface area contributed by atoms with Crippen LogP contribution in [0.5, 0.6) is 0 Å². The number of hydrogen-bond donors (Lipinski definition) is 2. The molecule has 23 heavy (non-hydrogen) atoms. The molecule has 0 spiro atoms. The molecule has 0 aliphatic heterocycles. The van der Waals surface area contributed by atoms with Crippen LogP contribution in [-0.2, 0) is 9.59 Å². The summed E-state index contributed by atoms with van der Waals surface area (Å²) in [5, 5.41) is 7.29. The minimum absolute atomic E-state index is 0.333. The summed E-state index contributed by atoms with van der Waals surface area (Å²) in [7, 11) is 0. The van der Waals surface area contributed by atoms with Gasteiger partial charge in [-0.2, -0.15) is 5.10 Å². The lowest BCUT2D eigenvalue weighted by Gasteiger charge is -2.04. The molecule has 2 aromatic carbocycles. The van der Waals surface area contributed by atoms with Gasteiger partial charge in [-0.1, -0.05) is 47.5 Å². The number of para-hydroxylation sites is 1. The number of hydrogen-bond acceptors (Lipinski definition) is 3. The fourth-order valence-corrected chi connectivity index (χ4v) is 2.15. The molecule has 118 valence electrons. The molecule has 0 aliphatic carbocycles. The van der Waals surface area contributed by atoms with Crippen molar-refractivity contribution in [3.8, 4) is 0 Å². The molecule has 2 amide bonds. The third-order valence-corrected chi connectivity index (χ3v) is 3.30. The van der Waals surface area contributed by atoms with Crippen molar-refractivity contribution in [1.29, 1.82) is 0 Å². The van der Waals surface area contributed by atoms with Gasteiger partial charge in [0.05, 0.1) is 11.2 Å². The molecular formula is C16H13Cl2N3O2. The van der Waals surface area contributed by atoms with E-state index in [2.05, 4.69) is 15.8 Å². The first-order valence-electron chi connectivity index (χ1n) is 6.66. The smallest absolute Gasteiger partial charge is 0.249 e. The SMILES string of the molecule is O=C(CC(=O)Nc1ccccc1)NN=Cc1ccc(Cl)cc1Cl. The maximum Gasteiger partial charge on any atom is 0.249 e. The van der Waals surface area contributed by atoms with Crippen LogP contribution in [0.15, 0.2) is 53.6 Å². The zero-order chi connectivity index (χ0) is 16.7. The maximum absolute atomic E-state index is 11.7. The molecule has 2 aromatic rings. The lowest BCUT2D eigenvalue weighted by atomic mass is 10.2. The zero-order valence-electron chi connectivity index (χ0n) is 11.9. The second kappa shape index (κ2) is 8.31. The van der Waals surface area contributed by atoms with Gasteiger partial charge in [-0.3, -0.25) is 9.59 Å². The molecular weight excluding hydrogens is 337 g/mol. The Morgan fingerprint density at radius 3 is 2.48 bits per heavy atom. The first kappa shape index (κ1) is 17.0. The number of carbonyl (C=O) groups is 2. The standard InChI is InChI=1S/C16H13Cl2N3O2/c17-12-7-6-11(14(18)8-12)10-19-21-16(23)9-15(22)20-13-4-2-1-3-5-13/h1-8,10H,9H2,(H,20,22)(H,21,23). The zero-order valence-corrected chi connectivity index (χ0v) is 13.4. The quantitative estimate of drug-likeness (QED) is 0.492. The van der Waals surface area contributed by atoms with E-state index in [0.717, 1.165) is 0 Å². The Morgan fingerprint density at radius 2 is 1.78 bits per heavy atom. The van der Waals surface area contributed by atoms with E-state index in [1.807, 2.05) is 6.07 Å². The second-order valence-electron chi connectivity index (χ2n) is 4.55. The van der Waals surface area contributed by atoms with Crippen molar-refractivity contribution in [2.24, 2.45) is 5.10 Å². The topological polar surface area (TPSA) is 70.6 Å². The van der Waals surface area contributed by atoms with Gasteiger partial charge >= 0.3 is 0 Å². The molecule has 0 radical (unpaired) electrons. The molecule has 2 rings (SSSR count). The van der Waals surface area contributed by atoms with Crippen LogP contribution in [-0.4, -0.2) is 18.0 Å². The highest BCUT2D eigenvalue weighted by Gasteiger charge is 2.08. The van der Waals surface area contributed by atoms with Gasteiger partial charge in [-0.05, 0) is 24.3 Å². The largest absolute Gasteiger partial charge is 0.326 e. The summed E-state index contributed by atoms with van der Waals surface area (Å²) < 4.78 is 0. The molecule has 0 aromatic heterocycles. The molecule has 0 atom stereocenters. The highest BCUT2D eigenvalue weighted by molar-refractivity contribution is 6.36. The Hall–Kier alpha value is -2.37. The number of nitrogens with one attached hydrogen (secondary N) is 2. The van der Waals surface area contributed by atoms with Gasteiger partial charge in [0.2, 0.25) is 11.8 Å². The van der Waals surface area contributed by atoms with Crippen LogP contribution in [0, 0.1) is 0 Å². The fourth-order valence-electron chi connectivity index (χ4n) is 1.69. The van der Waals surface area contributed by atoms with Crippen molar-refractivity contribution in [2.45, 2.75) is 6.42 Å². The molecule has 0 heterocycles. The summed E-state index contributed by atoms with van der Waals surface area (Å²) in [5.74, 6) is -0.951. The minimum atomic E-state index is -0.528.